The van der Waals surface area contributed by atoms with Crippen LogP contribution in [0, 0.1) is 5.92 Å². The van der Waals surface area contributed by atoms with E-state index in [0.29, 0.717) is 19.0 Å². The van der Waals surface area contributed by atoms with Gasteiger partial charge >= 0.3 is 5.97 Å². The standard InChI is InChI=1S/C17H23N5O3/c1-11-5-7-22(14(23)8-15(24)25-3)9-13(11)21(2)17-12-4-6-18-16(12)19-10-20-17/h4,6,10-11,13H,5,7-9H2,1-3H3,(H,18,19,20). The number of H-pyrrole nitrogens is 1. The first-order valence-corrected chi connectivity index (χ1v) is 8.36. The van der Waals surface area contributed by atoms with Crippen molar-refractivity contribution in [1.82, 2.24) is 19.9 Å². The fourth-order valence-electron chi connectivity index (χ4n) is 3.38. The first-order valence-electron chi connectivity index (χ1n) is 8.36. The van der Waals surface area contributed by atoms with Crippen LogP contribution in [-0.2, 0) is 14.3 Å². The molecule has 134 valence electrons. The van der Waals surface area contributed by atoms with Gasteiger partial charge in [-0.3, -0.25) is 9.59 Å². The van der Waals surface area contributed by atoms with Gasteiger partial charge in [-0.25, -0.2) is 9.97 Å². The molecule has 2 aromatic heterocycles. The van der Waals surface area contributed by atoms with E-state index in [0.717, 1.165) is 23.3 Å². The van der Waals surface area contributed by atoms with Gasteiger partial charge in [-0.15, -0.1) is 0 Å². The number of carbonyl (C=O) groups excluding carboxylic acids is 2. The second-order valence-corrected chi connectivity index (χ2v) is 6.47. The lowest BCUT2D eigenvalue weighted by atomic mass is 9.92. The molecule has 8 heteroatoms. The van der Waals surface area contributed by atoms with Crippen LogP contribution in [0.3, 0.4) is 0 Å². The minimum atomic E-state index is -0.502. The lowest BCUT2D eigenvalue weighted by Crippen LogP contribution is -2.53. The summed E-state index contributed by atoms with van der Waals surface area (Å²) in [5.41, 5.74) is 0.791. The maximum atomic E-state index is 12.3. The first-order chi connectivity index (χ1) is 12.0. The number of amides is 1. The fourth-order valence-corrected chi connectivity index (χ4v) is 3.38. The zero-order valence-corrected chi connectivity index (χ0v) is 14.7. The van der Waals surface area contributed by atoms with E-state index in [9.17, 15) is 9.59 Å². The second kappa shape index (κ2) is 7.08. The number of methoxy groups -OCH3 is 1. The van der Waals surface area contributed by atoms with Gasteiger partial charge in [-0.1, -0.05) is 6.92 Å². The number of aromatic nitrogens is 3. The number of nitrogens with zero attached hydrogens (tertiary/aromatic N) is 4. The summed E-state index contributed by atoms with van der Waals surface area (Å²) >= 11 is 0. The Morgan fingerprint density at radius 3 is 3.00 bits per heavy atom. The van der Waals surface area contributed by atoms with Crippen LogP contribution in [-0.4, -0.2) is 65.0 Å². The van der Waals surface area contributed by atoms with E-state index in [4.69, 9.17) is 0 Å². The summed E-state index contributed by atoms with van der Waals surface area (Å²) in [4.78, 5) is 39.3. The van der Waals surface area contributed by atoms with Crippen LogP contribution in [0.1, 0.15) is 19.8 Å². The molecule has 1 fully saturated rings. The zero-order chi connectivity index (χ0) is 18.0. The topological polar surface area (TPSA) is 91.4 Å². The largest absolute Gasteiger partial charge is 0.469 e. The molecular weight excluding hydrogens is 322 g/mol. The smallest absolute Gasteiger partial charge is 0.315 e. The van der Waals surface area contributed by atoms with Crippen molar-refractivity contribution in [3.05, 3.63) is 18.6 Å². The summed E-state index contributed by atoms with van der Waals surface area (Å²) in [6.07, 6.45) is 4.05. The van der Waals surface area contributed by atoms with Crippen LogP contribution in [0.25, 0.3) is 11.0 Å². The number of likely N-dealkylation sites (N-methyl/N-ethyl adjacent to an activating group) is 1. The lowest BCUT2D eigenvalue weighted by molar-refractivity contribution is -0.147. The molecule has 3 rings (SSSR count). The molecule has 2 aromatic rings. The van der Waals surface area contributed by atoms with Crippen molar-refractivity contribution in [1.29, 1.82) is 0 Å². The van der Waals surface area contributed by atoms with Gasteiger partial charge in [-0.2, -0.15) is 0 Å². The number of piperidine rings is 1. The van der Waals surface area contributed by atoms with Crippen LogP contribution < -0.4 is 4.90 Å². The third-order valence-electron chi connectivity index (χ3n) is 4.96. The first kappa shape index (κ1) is 17.2. The second-order valence-electron chi connectivity index (χ2n) is 6.47. The number of anilines is 1. The Hall–Kier alpha value is -2.64. The van der Waals surface area contributed by atoms with Crippen LogP contribution in [0.4, 0.5) is 5.82 Å². The number of fused-ring (bicyclic) bond motifs is 1. The molecule has 0 aliphatic carbocycles. The molecule has 0 aromatic carbocycles. The number of carbonyl (C=O) groups is 2. The number of ether oxygens (including phenoxy) is 1. The minimum absolute atomic E-state index is 0.114. The highest BCUT2D eigenvalue weighted by Gasteiger charge is 2.33. The number of aromatic amines is 1. The van der Waals surface area contributed by atoms with Gasteiger partial charge in [0.1, 0.15) is 24.2 Å². The molecule has 1 saturated heterocycles. The third kappa shape index (κ3) is 3.42. The monoisotopic (exact) mass is 345 g/mol. The highest BCUT2D eigenvalue weighted by Crippen LogP contribution is 2.28. The molecule has 25 heavy (non-hydrogen) atoms. The number of nitrogens with one attached hydrogen (secondary N) is 1. The van der Waals surface area contributed by atoms with Crippen LogP contribution in [0.5, 0.6) is 0 Å². The Morgan fingerprint density at radius 2 is 2.24 bits per heavy atom. The van der Waals surface area contributed by atoms with Crippen molar-refractivity contribution in [2.75, 3.05) is 32.1 Å². The third-order valence-corrected chi connectivity index (χ3v) is 4.96. The average molecular weight is 345 g/mol. The van der Waals surface area contributed by atoms with E-state index < -0.39 is 5.97 Å². The van der Waals surface area contributed by atoms with Crippen molar-refractivity contribution >= 4 is 28.7 Å². The van der Waals surface area contributed by atoms with Gasteiger partial charge in [0, 0.05) is 26.3 Å². The summed E-state index contributed by atoms with van der Waals surface area (Å²) in [5.74, 6) is 0.548. The molecule has 1 aliphatic heterocycles. The summed E-state index contributed by atoms with van der Waals surface area (Å²) in [6.45, 7) is 3.40. The van der Waals surface area contributed by atoms with Crippen LogP contribution >= 0.6 is 0 Å². The van der Waals surface area contributed by atoms with E-state index in [1.165, 1.54) is 7.11 Å². The predicted molar refractivity (Wildman–Crippen MR) is 93.1 cm³/mol. The normalized spacial score (nSPS) is 20.5. The van der Waals surface area contributed by atoms with Crippen molar-refractivity contribution in [3.63, 3.8) is 0 Å². The molecule has 1 amide bonds. The molecule has 1 N–H and O–H groups in total. The molecule has 1 aliphatic rings. The highest BCUT2D eigenvalue weighted by atomic mass is 16.5. The van der Waals surface area contributed by atoms with Gasteiger partial charge in [0.25, 0.3) is 0 Å². The average Bonchev–Trinajstić information content (AvgIpc) is 3.10. The molecule has 8 nitrogen and oxygen atoms in total. The Labute approximate surface area is 146 Å². The van der Waals surface area contributed by atoms with Gasteiger partial charge in [-0.05, 0) is 18.4 Å². The van der Waals surface area contributed by atoms with Crippen LogP contribution in [0.15, 0.2) is 18.6 Å². The Balaban J connectivity index is 1.79. The molecule has 2 atom stereocenters. The molecule has 0 radical (unpaired) electrons. The molecule has 0 bridgehead atoms. The number of esters is 1. The van der Waals surface area contributed by atoms with Gasteiger partial charge in [0.2, 0.25) is 5.91 Å². The predicted octanol–water partition coefficient (Wildman–Crippen LogP) is 1.19. The van der Waals surface area contributed by atoms with Gasteiger partial charge in [0.05, 0.1) is 18.5 Å². The number of rotatable bonds is 4. The molecule has 0 spiro atoms. The summed E-state index contributed by atoms with van der Waals surface area (Å²) in [5, 5.41) is 0.954. The summed E-state index contributed by atoms with van der Waals surface area (Å²) in [7, 11) is 3.28. The number of hydrogen-bond acceptors (Lipinski definition) is 6. The minimum Gasteiger partial charge on any atom is -0.469 e. The highest BCUT2D eigenvalue weighted by molar-refractivity contribution is 5.94. The molecule has 3 heterocycles. The van der Waals surface area contributed by atoms with Crippen LogP contribution in [0.2, 0.25) is 0 Å². The number of likely N-dealkylation sites (tertiary alicyclic amines) is 1. The molecule has 2 unspecified atom stereocenters. The van der Waals surface area contributed by atoms with E-state index in [-0.39, 0.29) is 18.4 Å². The van der Waals surface area contributed by atoms with Crippen molar-refractivity contribution in [2.45, 2.75) is 25.8 Å². The van der Waals surface area contributed by atoms with E-state index in [2.05, 4.69) is 31.5 Å². The molecular formula is C17H23N5O3. The summed E-state index contributed by atoms with van der Waals surface area (Å²) < 4.78 is 4.60. The fraction of sp³-hybridized carbons (Fsp3) is 0.529. The van der Waals surface area contributed by atoms with E-state index in [1.807, 2.05) is 19.3 Å². The zero-order valence-electron chi connectivity index (χ0n) is 14.7. The van der Waals surface area contributed by atoms with E-state index >= 15 is 0 Å². The van der Waals surface area contributed by atoms with Gasteiger partial charge in [0.15, 0.2) is 0 Å². The summed E-state index contributed by atoms with van der Waals surface area (Å²) in [6, 6.07) is 2.07. The van der Waals surface area contributed by atoms with E-state index in [1.54, 1.807) is 11.2 Å². The Bertz CT molecular complexity index is 774. The maximum absolute atomic E-state index is 12.3. The lowest BCUT2D eigenvalue weighted by Gasteiger charge is -2.42. The SMILES string of the molecule is COC(=O)CC(=O)N1CCC(C)C(N(C)c2ncnc3[nH]ccc23)C1. The Kier molecular flexibility index (Phi) is 4.87. The van der Waals surface area contributed by atoms with Crippen molar-refractivity contribution < 1.29 is 14.3 Å². The Morgan fingerprint density at radius 1 is 1.44 bits per heavy atom. The quantitative estimate of drug-likeness (QED) is 0.661. The number of hydrogen-bond donors (Lipinski definition) is 1. The molecule has 0 saturated carbocycles. The van der Waals surface area contributed by atoms with Gasteiger partial charge < -0.3 is 19.5 Å². The maximum Gasteiger partial charge on any atom is 0.315 e. The van der Waals surface area contributed by atoms with Crippen molar-refractivity contribution in [3.8, 4) is 0 Å². The van der Waals surface area contributed by atoms with Crippen molar-refractivity contribution in [2.24, 2.45) is 5.92 Å².